The van der Waals surface area contributed by atoms with Crippen LogP contribution in [0.25, 0.3) is 11.1 Å². The molecule has 7 nitrogen and oxygen atoms in total. The van der Waals surface area contributed by atoms with E-state index in [2.05, 4.69) is 15.4 Å². The Morgan fingerprint density at radius 1 is 1.16 bits per heavy atom. The van der Waals surface area contributed by atoms with Crippen molar-refractivity contribution in [1.29, 1.82) is 0 Å². The number of carbonyl (C=O) groups is 2. The largest absolute Gasteiger partial charge is 0.478 e. The number of aromatic carboxylic acids is 1. The summed E-state index contributed by atoms with van der Waals surface area (Å²) >= 11 is 0. The minimum atomic E-state index is -1.08. The van der Waals surface area contributed by atoms with E-state index in [4.69, 9.17) is 0 Å². The average Bonchev–Trinajstić information content (AvgIpc) is 3.40. The molecule has 0 atom stereocenters. The molecule has 2 N–H and O–H groups in total. The fraction of sp³-hybridized carbons (Fsp3) is 0.304. The number of anilines is 1. The number of pyridine rings is 1. The molecule has 158 valence electrons. The zero-order valence-electron chi connectivity index (χ0n) is 16.7. The molecule has 2 aliphatic carbocycles. The third kappa shape index (κ3) is 3.48. The van der Waals surface area contributed by atoms with E-state index in [1.54, 1.807) is 18.3 Å². The van der Waals surface area contributed by atoms with Crippen molar-refractivity contribution >= 4 is 17.6 Å². The highest BCUT2D eigenvalue weighted by molar-refractivity contribution is 6.03. The van der Waals surface area contributed by atoms with Gasteiger partial charge in [-0.15, -0.1) is 0 Å². The van der Waals surface area contributed by atoms with Crippen molar-refractivity contribution < 1.29 is 19.1 Å². The zero-order valence-corrected chi connectivity index (χ0v) is 16.7. The fourth-order valence-corrected chi connectivity index (χ4v) is 4.01. The van der Waals surface area contributed by atoms with Gasteiger partial charge in [0, 0.05) is 17.4 Å². The number of hydrogen-bond acceptors (Lipinski definition) is 4. The number of amides is 1. The highest BCUT2D eigenvalue weighted by Gasteiger charge is 2.52. The Kier molecular flexibility index (Phi) is 4.57. The third-order valence-electron chi connectivity index (χ3n) is 6.27. The van der Waals surface area contributed by atoms with E-state index in [1.807, 2.05) is 10.9 Å². The minimum Gasteiger partial charge on any atom is -0.478 e. The van der Waals surface area contributed by atoms with E-state index < -0.39 is 17.2 Å². The lowest BCUT2D eigenvalue weighted by Crippen LogP contribution is -2.28. The van der Waals surface area contributed by atoms with Gasteiger partial charge < -0.3 is 10.4 Å². The number of hydrogen-bond donors (Lipinski definition) is 2. The Bertz CT molecular complexity index is 1160. The maximum absolute atomic E-state index is 13.2. The molecule has 3 aromatic rings. The number of halogens is 1. The lowest BCUT2D eigenvalue weighted by Gasteiger charge is -2.25. The van der Waals surface area contributed by atoms with Gasteiger partial charge in [-0.05, 0) is 61.9 Å². The van der Waals surface area contributed by atoms with Crippen molar-refractivity contribution in [3.8, 4) is 11.1 Å². The molecule has 0 spiro atoms. The van der Waals surface area contributed by atoms with E-state index in [-0.39, 0.29) is 11.5 Å². The summed E-state index contributed by atoms with van der Waals surface area (Å²) in [6.45, 7) is 0. The van der Waals surface area contributed by atoms with Crippen molar-refractivity contribution in [2.75, 3.05) is 5.32 Å². The number of aromatic nitrogens is 3. The van der Waals surface area contributed by atoms with Crippen molar-refractivity contribution in [3.63, 3.8) is 0 Å². The molecule has 2 fully saturated rings. The van der Waals surface area contributed by atoms with Crippen LogP contribution in [-0.2, 0) is 10.2 Å². The molecule has 31 heavy (non-hydrogen) atoms. The zero-order chi connectivity index (χ0) is 21.6. The van der Waals surface area contributed by atoms with Gasteiger partial charge in [-0.3, -0.25) is 14.5 Å². The second kappa shape index (κ2) is 7.30. The number of nitrogens with zero attached hydrogens (tertiary/aromatic N) is 3. The first-order valence-corrected chi connectivity index (χ1v) is 10.3. The predicted octanol–water partition coefficient (Wildman–Crippen LogP) is 4.18. The number of benzene rings is 1. The van der Waals surface area contributed by atoms with E-state index in [0.717, 1.165) is 24.6 Å². The summed E-state index contributed by atoms with van der Waals surface area (Å²) in [7, 11) is 0. The maximum atomic E-state index is 13.2. The molecular weight excluding hydrogens is 399 g/mol. The van der Waals surface area contributed by atoms with Crippen LogP contribution >= 0.6 is 0 Å². The lowest BCUT2D eigenvalue weighted by molar-refractivity contribution is -0.118. The van der Waals surface area contributed by atoms with Crippen LogP contribution in [-0.4, -0.2) is 31.7 Å². The number of carboxylic acids is 1. The van der Waals surface area contributed by atoms with E-state index >= 15 is 0 Å². The summed E-state index contributed by atoms with van der Waals surface area (Å²) in [6, 6.07) is 8.04. The van der Waals surface area contributed by atoms with Crippen molar-refractivity contribution in [1.82, 2.24) is 14.8 Å². The van der Waals surface area contributed by atoms with Crippen LogP contribution < -0.4 is 5.32 Å². The second-order valence-corrected chi connectivity index (χ2v) is 8.26. The maximum Gasteiger partial charge on any atom is 0.336 e. The Balaban J connectivity index is 1.40. The molecule has 0 saturated heterocycles. The Labute approximate surface area is 177 Å². The van der Waals surface area contributed by atoms with Gasteiger partial charge >= 0.3 is 5.97 Å². The number of rotatable bonds is 6. The monoisotopic (exact) mass is 420 g/mol. The fourth-order valence-electron chi connectivity index (χ4n) is 4.01. The van der Waals surface area contributed by atoms with Gasteiger partial charge in [0.1, 0.15) is 5.82 Å². The van der Waals surface area contributed by atoms with Gasteiger partial charge in [-0.2, -0.15) is 5.10 Å². The lowest BCUT2D eigenvalue weighted by atomic mass is 9.93. The van der Waals surface area contributed by atoms with Crippen LogP contribution in [0.15, 0.2) is 48.9 Å². The molecule has 0 radical (unpaired) electrons. The van der Waals surface area contributed by atoms with Crippen molar-refractivity contribution in [2.24, 2.45) is 0 Å². The summed E-state index contributed by atoms with van der Waals surface area (Å²) in [4.78, 5) is 28.9. The summed E-state index contributed by atoms with van der Waals surface area (Å²) in [5, 5.41) is 17.0. The highest BCUT2D eigenvalue weighted by Crippen LogP contribution is 2.48. The van der Waals surface area contributed by atoms with Gasteiger partial charge in [0.05, 0.1) is 35.1 Å². The standard InChI is InChI=1S/C23H21FN4O3/c24-15-4-7-20(25-12-15)23(8-9-23)22(31)27-16-5-6-18(19(10-16)21(29)30)14-11-26-28(13-14)17-2-1-3-17/h4-7,10-13,17H,1-3,8-9H2,(H,27,31)(H,29,30). The quantitative estimate of drug-likeness (QED) is 0.624. The van der Waals surface area contributed by atoms with Crippen LogP contribution in [0.2, 0.25) is 0 Å². The SMILES string of the molecule is O=C(O)c1cc(NC(=O)C2(c3ccc(F)cn3)CC2)ccc1-c1cnn(C2CCC2)c1. The number of nitrogens with one attached hydrogen (secondary N) is 1. The number of carboxylic acid groups (broad SMARTS) is 1. The molecule has 0 bridgehead atoms. The highest BCUT2D eigenvalue weighted by atomic mass is 19.1. The first-order valence-electron chi connectivity index (χ1n) is 10.3. The molecule has 1 amide bonds. The molecule has 0 aliphatic heterocycles. The Hall–Kier alpha value is -3.55. The van der Waals surface area contributed by atoms with Crippen LogP contribution in [0.4, 0.5) is 10.1 Å². The molecule has 5 rings (SSSR count). The van der Waals surface area contributed by atoms with Gasteiger partial charge in [-0.25, -0.2) is 9.18 Å². The summed E-state index contributed by atoms with van der Waals surface area (Å²) < 4.78 is 15.1. The molecule has 8 heteroatoms. The van der Waals surface area contributed by atoms with Crippen LogP contribution in [0.1, 0.15) is 54.2 Å². The van der Waals surface area contributed by atoms with Gasteiger partial charge in [0.15, 0.2) is 0 Å². The first kappa shape index (κ1) is 19.4. The number of carbonyl (C=O) groups excluding carboxylic acids is 1. The second-order valence-electron chi connectivity index (χ2n) is 8.26. The average molecular weight is 420 g/mol. The van der Waals surface area contributed by atoms with Crippen LogP contribution in [0.3, 0.4) is 0 Å². The molecule has 2 aromatic heterocycles. The molecular formula is C23H21FN4O3. The van der Waals surface area contributed by atoms with E-state index in [9.17, 15) is 19.1 Å². The van der Waals surface area contributed by atoms with Gasteiger partial charge in [-0.1, -0.05) is 6.07 Å². The summed E-state index contributed by atoms with van der Waals surface area (Å²) in [5.74, 6) is -1.81. The topological polar surface area (TPSA) is 97.1 Å². The Morgan fingerprint density at radius 2 is 1.97 bits per heavy atom. The normalized spacial score (nSPS) is 17.1. The van der Waals surface area contributed by atoms with Crippen molar-refractivity contribution in [2.45, 2.75) is 43.6 Å². The van der Waals surface area contributed by atoms with Crippen molar-refractivity contribution in [3.05, 3.63) is 66.0 Å². The summed E-state index contributed by atoms with van der Waals surface area (Å²) in [6.07, 6.45) is 9.24. The molecule has 0 unspecified atom stereocenters. The molecule has 1 aromatic carbocycles. The van der Waals surface area contributed by atoms with E-state index in [0.29, 0.717) is 35.8 Å². The van der Waals surface area contributed by atoms with Gasteiger partial charge in [0.25, 0.3) is 0 Å². The summed E-state index contributed by atoms with van der Waals surface area (Å²) in [5.41, 5.74) is 1.50. The molecule has 2 heterocycles. The third-order valence-corrected chi connectivity index (χ3v) is 6.27. The Morgan fingerprint density at radius 3 is 2.58 bits per heavy atom. The molecule has 2 saturated carbocycles. The van der Waals surface area contributed by atoms with Crippen LogP contribution in [0.5, 0.6) is 0 Å². The predicted molar refractivity (Wildman–Crippen MR) is 111 cm³/mol. The van der Waals surface area contributed by atoms with E-state index in [1.165, 1.54) is 24.6 Å². The van der Waals surface area contributed by atoms with Crippen LogP contribution in [0, 0.1) is 5.82 Å². The smallest absolute Gasteiger partial charge is 0.336 e. The minimum absolute atomic E-state index is 0.0933. The molecule has 2 aliphatic rings. The first-order chi connectivity index (χ1) is 15.0. The van der Waals surface area contributed by atoms with Gasteiger partial charge in [0.2, 0.25) is 5.91 Å².